The molecule has 2 nitrogen and oxygen atoms in total. The molecule has 0 N–H and O–H groups in total. The number of anilines is 1. The molecule has 6 heteroatoms. The maximum atomic E-state index is 12.5. The van der Waals surface area contributed by atoms with Gasteiger partial charge < -0.3 is 9.64 Å². The van der Waals surface area contributed by atoms with Gasteiger partial charge in [0.25, 0.3) is 0 Å². The summed E-state index contributed by atoms with van der Waals surface area (Å²) in [5, 5.41) is 0.361. The van der Waals surface area contributed by atoms with E-state index in [1.54, 1.807) is 49.3 Å². The van der Waals surface area contributed by atoms with Crippen LogP contribution < -0.4 is 9.64 Å². The van der Waals surface area contributed by atoms with Gasteiger partial charge in [0.2, 0.25) is 0 Å². The number of rotatable bonds is 3. The SMILES string of the molecule is CN(C)c1cccc(Cl)c1-c1ccccc1OC(F)(F)F. The van der Waals surface area contributed by atoms with E-state index >= 15 is 0 Å². The van der Waals surface area contributed by atoms with Gasteiger partial charge in [-0.05, 0) is 18.2 Å². The van der Waals surface area contributed by atoms with Gasteiger partial charge in [0, 0.05) is 30.9 Å². The molecular weight excluding hydrogens is 303 g/mol. The van der Waals surface area contributed by atoms with Gasteiger partial charge in [0.05, 0.1) is 5.02 Å². The molecule has 0 saturated carbocycles. The van der Waals surface area contributed by atoms with Crippen molar-refractivity contribution >= 4 is 17.3 Å². The highest BCUT2D eigenvalue weighted by molar-refractivity contribution is 6.34. The van der Waals surface area contributed by atoms with E-state index in [9.17, 15) is 13.2 Å². The number of alkyl halides is 3. The smallest absolute Gasteiger partial charge is 0.405 e. The summed E-state index contributed by atoms with van der Waals surface area (Å²) in [5.74, 6) is -0.277. The van der Waals surface area contributed by atoms with Crippen molar-refractivity contribution in [2.45, 2.75) is 6.36 Å². The Kier molecular flexibility index (Phi) is 4.32. The first kappa shape index (κ1) is 15.5. The number of hydrogen-bond acceptors (Lipinski definition) is 2. The molecule has 0 unspecified atom stereocenters. The summed E-state index contributed by atoms with van der Waals surface area (Å²) in [6, 6.07) is 11.1. The lowest BCUT2D eigenvalue weighted by molar-refractivity contribution is -0.274. The summed E-state index contributed by atoms with van der Waals surface area (Å²) in [6.07, 6.45) is -4.75. The van der Waals surface area contributed by atoms with Gasteiger partial charge in [-0.25, -0.2) is 0 Å². The molecule has 0 aliphatic rings. The van der Waals surface area contributed by atoms with Crippen molar-refractivity contribution in [3.8, 4) is 16.9 Å². The van der Waals surface area contributed by atoms with Gasteiger partial charge >= 0.3 is 6.36 Å². The molecule has 0 atom stereocenters. The van der Waals surface area contributed by atoms with E-state index in [2.05, 4.69) is 4.74 Å². The molecule has 0 saturated heterocycles. The van der Waals surface area contributed by atoms with E-state index in [1.165, 1.54) is 12.1 Å². The zero-order chi connectivity index (χ0) is 15.6. The highest BCUT2D eigenvalue weighted by Gasteiger charge is 2.32. The third-order valence-electron chi connectivity index (χ3n) is 2.86. The van der Waals surface area contributed by atoms with Crippen molar-refractivity contribution in [1.29, 1.82) is 0 Å². The summed E-state index contributed by atoms with van der Waals surface area (Å²) < 4.78 is 41.7. The topological polar surface area (TPSA) is 12.5 Å². The van der Waals surface area contributed by atoms with Gasteiger partial charge in [0.1, 0.15) is 5.75 Å². The monoisotopic (exact) mass is 315 g/mol. The average molecular weight is 316 g/mol. The fourth-order valence-electron chi connectivity index (χ4n) is 2.04. The van der Waals surface area contributed by atoms with Crippen LogP contribution in [0.1, 0.15) is 0 Å². The van der Waals surface area contributed by atoms with Crippen molar-refractivity contribution in [3.63, 3.8) is 0 Å². The van der Waals surface area contributed by atoms with Crippen molar-refractivity contribution in [2.75, 3.05) is 19.0 Å². The highest BCUT2D eigenvalue weighted by atomic mass is 35.5. The lowest BCUT2D eigenvalue weighted by Crippen LogP contribution is -2.18. The normalized spacial score (nSPS) is 11.3. The Balaban J connectivity index is 2.63. The summed E-state index contributed by atoms with van der Waals surface area (Å²) >= 11 is 6.19. The Labute approximate surface area is 125 Å². The molecule has 0 aliphatic heterocycles. The molecular formula is C15H13ClF3NO. The Bertz CT molecular complexity index is 641. The molecule has 0 spiro atoms. The Morgan fingerprint density at radius 3 is 2.29 bits per heavy atom. The van der Waals surface area contributed by atoms with Crippen LogP contribution in [0.5, 0.6) is 5.75 Å². The molecule has 0 aliphatic carbocycles. The van der Waals surface area contributed by atoms with Crippen LogP contribution in [-0.2, 0) is 0 Å². The van der Waals surface area contributed by atoms with E-state index in [4.69, 9.17) is 11.6 Å². The van der Waals surface area contributed by atoms with Crippen molar-refractivity contribution in [1.82, 2.24) is 0 Å². The van der Waals surface area contributed by atoms with E-state index < -0.39 is 6.36 Å². The molecule has 21 heavy (non-hydrogen) atoms. The van der Waals surface area contributed by atoms with E-state index in [1.807, 2.05) is 0 Å². The third-order valence-corrected chi connectivity index (χ3v) is 3.17. The standard InChI is InChI=1S/C15H13ClF3NO/c1-20(2)12-8-5-7-11(16)14(12)10-6-3-4-9-13(10)21-15(17,18)19/h3-9H,1-2H3. The molecule has 0 bridgehead atoms. The molecule has 2 rings (SSSR count). The third kappa shape index (κ3) is 3.61. The minimum atomic E-state index is -4.75. The Morgan fingerprint density at radius 2 is 1.67 bits per heavy atom. The van der Waals surface area contributed by atoms with E-state index in [0.29, 0.717) is 21.8 Å². The number of hydrogen-bond donors (Lipinski definition) is 0. The molecule has 2 aromatic carbocycles. The maximum absolute atomic E-state index is 12.5. The van der Waals surface area contributed by atoms with Crippen LogP contribution >= 0.6 is 11.6 Å². The summed E-state index contributed by atoms with van der Waals surface area (Å²) in [7, 11) is 3.59. The molecule has 0 heterocycles. The van der Waals surface area contributed by atoms with Gasteiger partial charge in [-0.1, -0.05) is 35.9 Å². The van der Waals surface area contributed by atoms with Gasteiger partial charge in [-0.15, -0.1) is 13.2 Å². The number of ether oxygens (including phenoxy) is 1. The van der Waals surface area contributed by atoms with Gasteiger partial charge in [-0.3, -0.25) is 0 Å². The Morgan fingerprint density at radius 1 is 1.00 bits per heavy atom. The van der Waals surface area contributed by atoms with E-state index in [-0.39, 0.29) is 5.75 Å². The van der Waals surface area contributed by atoms with Crippen LogP contribution in [0.2, 0.25) is 5.02 Å². The second kappa shape index (κ2) is 5.85. The zero-order valence-corrected chi connectivity index (χ0v) is 12.2. The first-order chi connectivity index (χ1) is 9.79. The minimum absolute atomic E-state index is 0.277. The van der Waals surface area contributed by atoms with Crippen LogP contribution in [-0.4, -0.2) is 20.5 Å². The van der Waals surface area contributed by atoms with Crippen LogP contribution in [0.3, 0.4) is 0 Å². The van der Waals surface area contributed by atoms with Gasteiger partial charge in [-0.2, -0.15) is 0 Å². The fraction of sp³-hybridized carbons (Fsp3) is 0.200. The lowest BCUT2D eigenvalue weighted by atomic mass is 10.0. The highest BCUT2D eigenvalue weighted by Crippen LogP contribution is 2.42. The van der Waals surface area contributed by atoms with Crippen LogP contribution in [0.25, 0.3) is 11.1 Å². The van der Waals surface area contributed by atoms with Crippen LogP contribution in [0, 0.1) is 0 Å². The number of nitrogens with zero attached hydrogens (tertiary/aromatic N) is 1. The quantitative estimate of drug-likeness (QED) is 0.792. The maximum Gasteiger partial charge on any atom is 0.573 e. The summed E-state index contributed by atoms with van der Waals surface area (Å²) in [4.78, 5) is 1.78. The second-order valence-electron chi connectivity index (χ2n) is 4.57. The minimum Gasteiger partial charge on any atom is -0.405 e. The summed E-state index contributed by atoms with van der Waals surface area (Å²) in [5.41, 5.74) is 1.51. The molecule has 0 radical (unpaired) electrons. The number of halogens is 4. The average Bonchev–Trinajstić information content (AvgIpc) is 2.37. The number of benzene rings is 2. The fourth-order valence-corrected chi connectivity index (χ4v) is 2.31. The first-order valence-corrected chi connectivity index (χ1v) is 6.48. The predicted octanol–water partition coefficient (Wildman–Crippen LogP) is 4.97. The Hall–Kier alpha value is -1.88. The van der Waals surface area contributed by atoms with Crippen LogP contribution in [0.4, 0.5) is 18.9 Å². The molecule has 112 valence electrons. The number of para-hydroxylation sites is 1. The molecule has 2 aromatic rings. The predicted molar refractivity (Wildman–Crippen MR) is 77.9 cm³/mol. The van der Waals surface area contributed by atoms with Crippen molar-refractivity contribution in [3.05, 3.63) is 47.5 Å². The lowest BCUT2D eigenvalue weighted by Gasteiger charge is -2.21. The zero-order valence-electron chi connectivity index (χ0n) is 11.4. The molecule has 0 aromatic heterocycles. The van der Waals surface area contributed by atoms with E-state index in [0.717, 1.165) is 0 Å². The summed E-state index contributed by atoms with van der Waals surface area (Å²) in [6.45, 7) is 0. The molecule has 0 amide bonds. The first-order valence-electron chi connectivity index (χ1n) is 6.10. The van der Waals surface area contributed by atoms with Gasteiger partial charge in [0.15, 0.2) is 0 Å². The van der Waals surface area contributed by atoms with Crippen molar-refractivity contribution in [2.24, 2.45) is 0 Å². The second-order valence-corrected chi connectivity index (χ2v) is 4.98. The molecule has 0 fully saturated rings. The largest absolute Gasteiger partial charge is 0.573 e. The van der Waals surface area contributed by atoms with Crippen LogP contribution in [0.15, 0.2) is 42.5 Å². The van der Waals surface area contributed by atoms with Crippen molar-refractivity contribution < 1.29 is 17.9 Å².